The van der Waals surface area contributed by atoms with E-state index in [1.54, 1.807) is 16.2 Å². The van der Waals surface area contributed by atoms with Gasteiger partial charge in [0.25, 0.3) is 0 Å². The standard InChI is InChI=1S/C12H21N3OS/c1-5-13-9(2)6-12(16)15(4)7-11-10(3)14-8-17-11/h8-9,13H,5-7H2,1-4H3. The van der Waals surface area contributed by atoms with Crippen LogP contribution in [0.15, 0.2) is 5.51 Å². The van der Waals surface area contributed by atoms with E-state index < -0.39 is 0 Å². The number of thiazole rings is 1. The lowest BCUT2D eigenvalue weighted by Crippen LogP contribution is -2.34. The highest BCUT2D eigenvalue weighted by Crippen LogP contribution is 2.14. The van der Waals surface area contributed by atoms with Gasteiger partial charge in [-0.25, -0.2) is 4.98 Å². The lowest BCUT2D eigenvalue weighted by atomic mass is 10.2. The fourth-order valence-corrected chi connectivity index (χ4v) is 2.45. The van der Waals surface area contributed by atoms with Crippen LogP contribution in [0.3, 0.4) is 0 Å². The highest BCUT2D eigenvalue weighted by molar-refractivity contribution is 7.09. The van der Waals surface area contributed by atoms with Gasteiger partial charge in [0.15, 0.2) is 0 Å². The Kier molecular flexibility index (Phi) is 5.58. The molecule has 0 saturated heterocycles. The van der Waals surface area contributed by atoms with Crippen molar-refractivity contribution < 1.29 is 4.79 Å². The molecule has 0 aliphatic carbocycles. The molecular weight excluding hydrogens is 234 g/mol. The quantitative estimate of drug-likeness (QED) is 0.843. The van der Waals surface area contributed by atoms with Gasteiger partial charge in [-0.3, -0.25) is 4.79 Å². The summed E-state index contributed by atoms with van der Waals surface area (Å²) in [7, 11) is 1.85. The van der Waals surface area contributed by atoms with E-state index in [1.807, 2.05) is 33.3 Å². The van der Waals surface area contributed by atoms with Gasteiger partial charge in [0.05, 0.1) is 17.7 Å². The summed E-state index contributed by atoms with van der Waals surface area (Å²) in [5.74, 6) is 0.172. The topological polar surface area (TPSA) is 45.2 Å². The lowest BCUT2D eigenvalue weighted by Gasteiger charge is -2.19. The van der Waals surface area contributed by atoms with Crippen molar-refractivity contribution in [3.8, 4) is 0 Å². The van der Waals surface area contributed by atoms with Crippen LogP contribution in [-0.4, -0.2) is 35.4 Å². The van der Waals surface area contributed by atoms with Crippen LogP contribution >= 0.6 is 11.3 Å². The molecule has 1 heterocycles. The number of carbonyl (C=O) groups excluding carboxylic acids is 1. The Morgan fingerprint density at radius 2 is 2.35 bits per heavy atom. The number of carbonyl (C=O) groups is 1. The molecule has 0 aromatic carbocycles. The van der Waals surface area contributed by atoms with Gasteiger partial charge in [0.1, 0.15) is 0 Å². The number of hydrogen-bond donors (Lipinski definition) is 1. The first-order chi connectivity index (χ1) is 8.04. The Labute approximate surface area is 107 Å². The summed E-state index contributed by atoms with van der Waals surface area (Å²) in [6, 6.07) is 0.234. The van der Waals surface area contributed by atoms with Crippen molar-refractivity contribution in [2.75, 3.05) is 13.6 Å². The second-order valence-corrected chi connectivity index (χ2v) is 5.21. The van der Waals surface area contributed by atoms with Gasteiger partial charge in [0.2, 0.25) is 5.91 Å². The predicted molar refractivity (Wildman–Crippen MR) is 71.1 cm³/mol. The third-order valence-electron chi connectivity index (χ3n) is 2.68. The van der Waals surface area contributed by atoms with Crippen LogP contribution < -0.4 is 5.32 Å². The van der Waals surface area contributed by atoms with Crippen molar-refractivity contribution in [2.45, 2.75) is 39.8 Å². The largest absolute Gasteiger partial charge is 0.340 e. The number of aromatic nitrogens is 1. The van der Waals surface area contributed by atoms with Gasteiger partial charge in [-0.15, -0.1) is 11.3 Å². The second-order valence-electron chi connectivity index (χ2n) is 4.27. The van der Waals surface area contributed by atoms with Crippen LogP contribution in [0.25, 0.3) is 0 Å². The maximum Gasteiger partial charge on any atom is 0.224 e. The Balaban J connectivity index is 2.45. The smallest absolute Gasteiger partial charge is 0.224 e. The van der Waals surface area contributed by atoms with Crippen molar-refractivity contribution in [3.05, 3.63) is 16.1 Å². The molecule has 0 aliphatic rings. The molecule has 5 heteroatoms. The van der Waals surface area contributed by atoms with Crippen molar-refractivity contribution in [1.82, 2.24) is 15.2 Å². The van der Waals surface area contributed by atoms with E-state index in [2.05, 4.69) is 10.3 Å². The van der Waals surface area contributed by atoms with E-state index in [0.29, 0.717) is 13.0 Å². The highest BCUT2D eigenvalue weighted by Gasteiger charge is 2.14. The SMILES string of the molecule is CCNC(C)CC(=O)N(C)Cc1scnc1C. The highest BCUT2D eigenvalue weighted by atomic mass is 32.1. The van der Waals surface area contributed by atoms with Crippen molar-refractivity contribution >= 4 is 17.2 Å². The first-order valence-electron chi connectivity index (χ1n) is 5.90. The zero-order chi connectivity index (χ0) is 12.8. The molecule has 1 amide bonds. The summed E-state index contributed by atoms with van der Waals surface area (Å²) < 4.78 is 0. The van der Waals surface area contributed by atoms with Crippen LogP contribution in [0.2, 0.25) is 0 Å². The van der Waals surface area contributed by atoms with Crippen LogP contribution in [0, 0.1) is 6.92 Å². The number of nitrogens with one attached hydrogen (secondary N) is 1. The maximum atomic E-state index is 11.9. The third kappa shape index (κ3) is 4.44. The molecule has 0 saturated carbocycles. The number of nitrogens with zero attached hydrogens (tertiary/aromatic N) is 2. The molecule has 96 valence electrons. The van der Waals surface area contributed by atoms with E-state index in [9.17, 15) is 4.79 Å². The predicted octanol–water partition coefficient (Wildman–Crippen LogP) is 1.80. The van der Waals surface area contributed by atoms with Gasteiger partial charge in [-0.05, 0) is 20.4 Å². The van der Waals surface area contributed by atoms with E-state index in [-0.39, 0.29) is 11.9 Å². The van der Waals surface area contributed by atoms with Crippen LogP contribution in [0.4, 0.5) is 0 Å². The van der Waals surface area contributed by atoms with E-state index in [0.717, 1.165) is 17.1 Å². The molecule has 1 atom stereocenters. The minimum absolute atomic E-state index is 0.172. The number of rotatable bonds is 6. The first kappa shape index (κ1) is 14.1. The van der Waals surface area contributed by atoms with Gasteiger partial charge in [0, 0.05) is 24.4 Å². The molecule has 17 heavy (non-hydrogen) atoms. The van der Waals surface area contributed by atoms with Crippen LogP contribution in [0.5, 0.6) is 0 Å². The molecule has 0 radical (unpaired) electrons. The van der Waals surface area contributed by atoms with E-state index >= 15 is 0 Å². The van der Waals surface area contributed by atoms with Gasteiger partial charge >= 0.3 is 0 Å². The molecule has 1 unspecified atom stereocenters. The molecule has 4 nitrogen and oxygen atoms in total. The average Bonchev–Trinajstić information content (AvgIpc) is 2.64. The number of amides is 1. The fraction of sp³-hybridized carbons (Fsp3) is 0.667. The minimum Gasteiger partial charge on any atom is -0.340 e. The third-order valence-corrected chi connectivity index (χ3v) is 3.60. The molecule has 0 fully saturated rings. The van der Waals surface area contributed by atoms with E-state index in [1.165, 1.54) is 0 Å². The van der Waals surface area contributed by atoms with Crippen LogP contribution in [0.1, 0.15) is 30.8 Å². The Morgan fingerprint density at radius 3 is 2.88 bits per heavy atom. The van der Waals surface area contributed by atoms with Crippen LogP contribution in [-0.2, 0) is 11.3 Å². The molecular formula is C12H21N3OS. The minimum atomic E-state index is 0.172. The lowest BCUT2D eigenvalue weighted by molar-refractivity contribution is -0.130. The first-order valence-corrected chi connectivity index (χ1v) is 6.78. The zero-order valence-corrected chi connectivity index (χ0v) is 11.8. The number of aryl methyl sites for hydroxylation is 1. The average molecular weight is 255 g/mol. The Hall–Kier alpha value is -0.940. The monoisotopic (exact) mass is 255 g/mol. The molecule has 1 rings (SSSR count). The fourth-order valence-electron chi connectivity index (χ4n) is 1.62. The van der Waals surface area contributed by atoms with Crippen molar-refractivity contribution in [2.24, 2.45) is 0 Å². The molecule has 0 aliphatic heterocycles. The molecule has 0 spiro atoms. The normalized spacial score (nSPS) is 12.5. The molecule has 0 bridgehead atoms. The molecule has 1 N–H and O–H groups in total. The summed E-state index contributed by atoms with van der Waals surface area (Å²) in [5, 5.41) is 3.24. The summed E-state index contributed by atoms with van der Waals surface area (Å²) >= 11 is 1.60. The second kappa shape index (κ2) is 6.71. The van der Waals surface area contributed by atoms with Gasteiger partial charge in [-0.2, -0.15) is 0 Å². The maximum absolute atomic E-state index is 11.9. The summed E-state index contributed by atoms with van der Waals surface area (Å²) in [6.45, 7) is 7.62. The van der Waals surface area contributed by atoms with Crippen molar-refractivity contribution in [1.29, 1.82) is 0 Å². The van der Waals surface area contributed by atoms with Crippen molar-refractivity contribution in [3.63, 3.8) is 0 Å². The summed E-state index contributed by atoms with van der Waals surface area (Å²) in [6.07, 6.45) is 0.544. The summed E-state index contributed by atoms with van der Waals surface area (Å²) in [5.41, 5.74) is 2.85. The van der Waals surface area contributed by atoms with E-state index in [4.69, 9.17) is 0 Å². The van der Waals surface area contributed by atoms with Gasteiger partial charge in [-0.1, -0.05) is 6.92 Å². The molecule has 1 aromatic rings. The zero-order valence-electron chi connectivity index (χ0n) is 11.0. The van der Waals surface area contributed by atoms with Gasteiger partial charge < -0.3 is 10.2 Å². The Bertz CT molecular complexity index is 364. The summed E-state index contributed by atoms with van der Waals surface area (Å²) in [4.78, 5) is 19.1. The number of hydrogen-bond acceptors (Lipinski definition) is 4. The molecule has 1 aromatic heterocycles. The Morgan fingerprint density at radius 1 is 1.65 bits per heavy atom.